The summed E-state index contributed by atoms with van der Waals surface area (Å²) in [4.78, 5) is 17.9. The number of carbonyl (C=O) groups is 1. The van der Waals surface area contributed by atoms with Gasteiger partial charge in [0.1, 0.15) is 5.52 Å². The van der Waals surface area contributed by atoms with Crippen molar-refractivity contribution in [3.05, 3.63) is 23.8 Å². The fourth-order valence-corrected chi connectivity index (χ4v) is 4.09. The van der Waals surface area contributed by atoms with E-state index in [0.29, 0.717) is 42.6 Å². The molecule has 126 valence electrons. The number of anilines is 1. The van der Waals surface area contributed by atoms with Gasteiger partial charge in [-0.05, 0) is 12.1 Å². The number of carbonyl (C=O) groups excluding carboxylic acids is 1. The summed E-state index contributed by atoms with van der Waals surface area (Å²) in [6, 6.07) is 6.35. The number of hydrogen-bond donors (Lipinski definition) is 1. The van der Waals surface area contributed by atoms with Crippen LogP contribution in [0.4, 0.5) is 6.01 Å². The molecule has 1 aromatic carbocycles. The van der Waals surface area contributed by atoms with E-state index in [4.69, 9.17) is 4.42 Å². The van der Waals surface area contributed by atoms with Crippen LogP contribution in [0.2, 0.25) is 0 Å². The number of nitrogens with zero attached hydrogens (tertiary/aromatic N) is 3. The van der Waals surface area contributed by atoms with Crippen LogP contribution in [-0.4, -0.2) is 45.4 Å². The second-order valence-electron chi connectivity index (χ2n) is 6.15. The Balaban J connectivity index is 1.64. The quantitative estimate of drug-likeness (QED) is 0.884. The third kappa shape index (κ3) is 2.82. The van der Waals surface area contributed by atoms with Gasteiger partial charge >= 0.3 is 0 Å². The highest BCUT2D eigenvalue weighted by atomic mass is 32.2. The molecule has 0 bridgehead atoms. The molecule has 1 amide bonds. The van der Waals surface area contributed by atoms with Gasteiger partial charge in [0.25, 0.3) is 6.01 Å². The fraction of sp³-hybridized carbons (Fsp3) is 0.438. The summed E-state index contributed by atoms with van der Waals surface area (Å²) in [5, 5.41) is 4.18. The molecule has 0 saturated carbocycles. The van der Waals surface area contributed by atoms with Gasteiger partial charge in [-0.25, -0.2) is 5.43 Å². The van der Waals surface area contributed by atoms with Crippen molar-refractivity contribution in [2.75, 3.05) is 29.5 Å². The van der Waals surface area contributed by atoms with Crippen molar-refractivity contribution in [1.29, 1.82) is 0 Å². The van der Waals surface area contributed by atoms with E-state index in [1.165, 1.54) is 0 Å². The molecular weight excluding hydrogens is 328 g/mol. The van der Waals surface area contributed by atoms with Gasteiger partial charge < -0.3 is 9.32 Å². The number of nitrogens with one attached hydrogen (secondary N) is 1. The van der Waals surface area contributed by atoms with Crippen molar-refractivity contribution in [2.45, 2.75) is 13.3 Å². The molecule has 3 heterocycles. The standard InChI is InChI=1S/C16H18N4O3S/c1-10-8-14(21)18-19-15(10)11-2-3-12-13(9-11)23-16(17-12)20-4-6-24(22)7-5-20/h2-3,9-10H,4-8H2,1H3,(H,18,21). The van der Waals surface area contributed by atoms with Crippen LogP contribution < -0.4 is 10.3 Å². The molecule has 7 nitrogen and oxygen atoms in total. The maximum atomic E-state index is 11.5. The van der Waals surface area contributed by atoms with Crippen molar-refractivity contribution in [3.8, 4) is 0 Å². The lowest BCUT2D eigenvalue weighted by molar-refractivity contribution is -0.121. The first-order valence-corrected chi connectivity index (χ1v) is 9.46. The first-order chi connectivity index (χ1) is 11.6. The molecule has 4 rings (SSSR count). The molecular formula is C16H18N4O3S. The number of aromatic nitrogens is 1. The molecule has 8 heteroatoms. The molecule has 1 aromatic heterocycles. The minimum absolute atomic E-state index is 0.0586. The van der Waals surface area contributed by atoms with Gasteiger partial charge in [0.15, 0.2) is 5.58 Å². The van der Waals surface area contributed by atoms with Crippen LogP contribution >= 0.6 is 0 Å². The van der Waals surface area contributed by atoms with E-state index < -0.39 is 10.8 Å². The van der Waals surface area contributed by atoms with E-state index >= 15 is 0 Å². The van der Waals surface area contributed by atoms with Crippen LogP contribution in [0, 0.1) is 5.92 Å². The maximum absolute atomic E-state index is 11.5. The zero-order valence-electron chi connectivity index (χ0n) is 13.3. The molecule has 2 aliphatic heterocycles. The lowest BCUT2D eigenvalue weighted by Crippen LogP contribution is -2.37. The Morgan fingerprint density at radius 1 is 1.33 bits per heavy atom. The first-order valence-electron chi connectivity index (χ1n) is 7.97. The van der Waals surface area contributed by atoms with E-state index in [1.54, 1.807) is 0 Å². The Kier molecular flexibility index (Phi) is 3.84. The third-order valence-corrected chi connectivity index (χ3v) is 5.66. The van der Waals surface area contributed by atoms with Crippen molar-refractivity contribution in [3.63, 3.8) is 0 Å². The Labute approximate surface area is 141 Å². The van der Waals surface area contributed by atoms with Crippen LogP contribution in [0.15, 0.2) is 27.7 Å². The fourth-order valence-electron chi connectivity index (χ4n) is 3.04. The Morgan fingerprint density at radius 2 is 2.12 bits per heavy atom. The lowest BCUT2D eigenvalue weighted by Gasteiger charge is -2.24. The topological polar surface area (TPSA) is 87.8 Å². The van der Waals surface area contributed by atoms with E-state index in [9.17, 15) is 9.00 Å². The van der Waals surface area contributed by atoms with Gasteiger partial charge in [-0.1, -0.05) is 13.0 Å². The molecule has 1 unspecified atom stereocenters. The summed E-state index contributed by atoms with van der Waals surface area (Å²) < 4.78 is 17.4. The molecule has 1 atom stereocenters. The summed E-state index contributed by atoms with van der Waals surface area (Å²) in [6.45, 7) is 3.38. The number of hydrazone groups is 1. The zero-order chi connectivity index (χ0) is 16.7. The molecule has 0 aliphatic carbocycles. The first kappa shape index (κ1) is 15.3. The molecule has 2 aromatic rings. The predicted octanol–water partition coefficient (Wildman–Crippen LogP) is 1.26. The largest absolute Gasteiger partial charge is 0.423 e. The molecule has 2 aliphatic rings. The minimum Gasteiger partial charge on any atom is -0.423 e. The van der Waals surface area contributed by atoms with Gasteiger partial charge in [-0.3, -0.25) is 9.00 Å². The second-order valence-corrected chi connectivity index (χ2v) is 7.85. The molecule has 1 saturated heterocycles. The summed E-state index contributed by atoms with van der Waals surface area (Å²) in [6.07, 6.45) is 0.434. The minimum atomic E-state index is -0.728. The smallest absolute Gasteiger partial charge is 0.298 e. The van der Waals surface area contributed by atoms with Crippen LogP contribution in [0.1, 0.15) is 18.9 Å². The van der Waals surface area contributed by atoms with Crippen molar-refractivity contribution < 1.29 is 13.4 Å². The van der Waals surface area contributed by atoms with Crippen LogP contribution in [0.5, 0.6) is 0 Å². The summed E-state index contributed by atoms with van der Waals surface area (Å²) in [5.74, 6) is 1.31. The Bertz CT molecular complexity index is 850. The van der Waals surface area contributed by atoms with E-state index in [1.807, 2.05) is 30.0 Å². The zero-order valence-corrected chi connectivity index (χ0v) is 14.1. The molecule has 1 fully saturated rings. The lowest BCUT2D eigenvalue weighted by atomic mass is 9.94. The molecule has 24 heavy (non-hydrogen) atoms. The van der Waals surface area contributed by atoms with Gasteiger partial charge in [-0.2, -0.15) is 10.1 Å². The average Bonchev–Trinajstić information content (AvgIpc) is 2.98. The van der Waals surface area contributed by atoms with Crippen molar-refractivity contribution in [1.82, 2.24) is 10.4 Å². The molecule has 0 radical (unpaired) electrons. The van der Waals surface area contributed by atoms with Gasteiger partial charge in [0.05, 0.1) is 5.71 Å². The molecule has 1 N–H and O–H groups in total. The predicted molar refractivity (Wildman–Crippen MR) is 92.6 cm³/mol. The highest BCUT2D eigenvalue weighted by Crippen LogP contribution is 2.26. The van der Waals surface area contributed by atoms with E-state index in [-0.39, 0.29) is 11.8 Å². The highest BCUT2D eigenvalue weighted by molar-refractivity contribution is 7.85. The number of fused-ring (bicyclic) bond motifs is 1. The van der Waals surface area contributed by atoms with E-state index in [0.717, 1.165) is 16.8 Å². The van der Waals surface area contributed by atoms with Crippen molar-refractivity contribution in [2.24, 2.45) is 11.0 Å². The number of amides is 1. The second kappa shape index (κ2) is 6.01. The van der Waals surface area contributed by atoms with E-state index in [2.05, 4.69) is 15.5 Å². The van der Waals surface area contributed by atoms with Gasteiger partial charge in [0.2, 0.25) is 5.91 Å². The highest BCUT2D eigenvalue weighted by Gasteiger charge is 2.23. The number of hydrogen-bond acceptors (Lipinski definition) is 6. The van der Waals surface area contributed by atoms with Crippen LogP contribution in [-0.2, 0) is 15.6 Å². The van der Waals surface area contributed by atoms with Gasteiger partial charge in [-0.15, -0.1) is 0 Å². The maximum Gasteiger partial charge on any atom is 0.298 e. The SMILES string of the molecule is CC1CC(=O)NN=C1c1ccc2nc(N3CCS(=O)CC3)oc2c1. The average molecular weight is 346 g/mol. The summed E-state index contributed by atoms with van der Waals surface area (Å²) in [5.41, 5.74) is 5.79. The number of oxazole rings is 1. The third-order valence-electron chi connectivity index (χ3n) is 4.38. The Morgan fingerprint density at radius 3 is 2.88 bits per heavy atom. The van der Waals surface area contributed by atoms with Gasteiger partial charge in [0, 0.05) is 53.3 Å². The Hall–Kier alpha value is -2.22. The monoisotopic (exact) mass is 346 g/mol. The normalized spacial score (nSPS) is 22.5. The van der Waals surface area contributed by atoms with Crippen LogP contribution in [0.25, 0.3) is 11.1 Å². The number of benzene rings is 1. The molecule has 0 spiro atoms. The summed E-state index contributed by atoms with van der Waals surface area (Å²) >= 11 is 0. The van der Waals surface area contributed by atoms with Crippen LogP contribution in [0.3, 0.4) is 0 Å². The number of rotatable bonds is 2. The van der Waals surface area contributed by atoms with Crippen molar-refractivity contribution >= 4 is 39.5 Å². The summed E-state index contributed by atoms with van der Waals surface area (Å²) in [7, 11) is -0.728.